The number of nitrogens with one attached hydrogen (secondary N) is 1. The minimum Gasteiger partial charge on any atom is -0.399 e. The van der Waals surface area contributed by atoms with E-state index in [-0.39, 0.29) is 12.4 Å². The lowest BCUT2D eigenvalue weighted by Gasteiger charge is -2.18. The van der Waals surface area contributed by atoms with Gasteiger partial charge in [-0.05, 0) is 85.0 Å². The summed E-state index contributed by atoms with van der Waals surface area (Å²) in [6.07, 6.45) is 5.87. The molecule has 0 saturated heterocycles. The second-order valence-electron chi connectivity index (χ2n) is 6.57. The first kappa shape index (κ1) is 19.5. The maximum atomic E-state index is 7.95. The van der Waals surface area contributed by atoms with Crippen molar-refractivity contribution in [1.82, 2.24) is 0 Å². The van der Waals surface area contributed by atoms with Crippen molar-refractivity contribution in [2.45, 2.75) is 20.8 Å². The maximum absolute atomic E-state index is 7.95. The van der Waals surface area contributed by atoms with E-state index in [0.717, 1.165) is 50.3 Å². The Labute approximate surface area is 161 Å². The first-order valence-corrected chi connectivity index (χ1v) is 8.29. The van der Waals surface area contributed by atoms with Crippen LogP contribution in [-0.2, 0) is 0 Å². The van der Waals surface area contributed by atoms with Crippen molar-refractivity contribution >= 4 is 35.1 Å². The summed E-state index contributed by atoms with van der Waals surface area (Å²) in [7, 11) is 0. The molecule has 0 aliphatic heterocycles. The van der Waals surface area contributed by atoms with Crippen LogP contribution in [0.1, 0.15) is 29.2 Å². The number of aryl methyl sites for hydroxylation is 2. The summed E-state index contributed by atoms with van der Waals surface area (Å²) in [5.41, 5.74) is 21.7. The van der Waals surface area contributed by atoms with E-state index >= 15 is 0 Å². The smallest absolute Gasteiger partial charge is 0.0569 e. The zero-order valence-electron chi connectivity index (χ0n) is 15.3. The summed E-state index contributed by atoms with van der Waals surface area (Å²) in [5.74, 6) is 0. The van der Waals surface area contributed by atoms with Gasteiger partial charge in [-0.3, -0.25) is 0 Å². The van der Waals surface area contributed by atoms with Gasteiger partial charge in [0.15, 0.2) is 0 Å². The number of hydrogen-bond acceptors (Lipinski definition) is 3. The number of benzene rings is 2. The number of anilines is 2. The van der Waals surface area contributed by atoms with Gasteiger partial charge in [0.2, 0.25) is 0 Å². The molecule has 134 valence electrons. The average molecular weight is 366 g/mol. The first-order chi connectivity index (χ1) is 11.9. The molecule has 2 aromatic carbocycles. The molecule has 26 heavy (non-hydrogen) atoms. The minimum absolute atomic E-state index is 0. The quantitative estimate of drug-likeness (QED) is 0.637. The van der Waals surface area contributed by atoms with Crippen molar-refractivity contribution in [2.75, 3.05) is 11.5 Å². The molecule has 2 aromatic rings. The zero-order chi connectivity index (χ0) is 18.1. The lowest BCUT2D eigenvalue weighted by Crippen LogP contribution is -2.04. The minimum atomic E-state index is 0. The molecule has 0 amide bonds. The Bertz CT molecular complexity index is 965. The molecule has 0 spiro atoms. The second kappa shape index (κ2) is 7.63. The van der Waals surface area contributed by atoms with Gasteiger partial charge in [0, 0.05) is 16.9 Å². The topological polar surface area (TPSA) is 75.9 Å². The van der Waals surface area contributed by atoms with Gasteiger partial charge in [0.25, 0.3) is 0 Å². The van der Waals surface area contributed by atoms with Crippen LogP contribution in [0, 0.1) is 19.3 Å². The van der Waals surface area contributed by atoms with Gasteiger partial charge in [-0.2, -0.15) is 0 Å². The molecule has 0 aromatic heterocycles. The Hall–Kier alpha value is -2.78. The van der Waals surface area contributed by atoms with Gasteiger partial charge in [-0.25, -0.2) is 0 Å². The lowest BCUT2D eigenvalue weighted by atomic mass is 9.87. The van der Waals surface area contributed by atoms with E-state index in [1.54, 1.807) is 0 Å². The maximum Gasteiger partial charge on any atom is 0.0569 e. The van der Waals surface area contributed by atoms with E-state index in [0.29, 0.717) is 5.71 Å². The standard InChI is InChI=1S/C22H23N3.ClH/c1-13-4-7-21(25)18(10-13)22(16-5-8-19(23)14(2)11-16)17-6-9-20(24)15(3)12-17;/h4-12,23H,24-25H2,1-3H3;1H. The van der Waals surface area contributed by atoms with Crippen molar-refractivity contribution < 1.29 is 0 Å². The molecule has 5 N–H and O–H groups in total. The van der Waals surface area contributed by atoms with Crippen LogP contribution in [0.2, 0.25) is 0 Å². The third kappa shape index (κ3) is 3.73. The van der Waals surface area contributed by atoms with Crippen LogP contribution in [0.5, 0.6) is 0 Å². The van der Waals surface area contributed by atoms with Crippen LogP contribution < -0.4 is 11.5 Å². The van der Waals surface area contributed by atoms with Gasteiger partial charge < -0.3 is 16.9 Å². The van der Waals surface area contributed by atoms with Gasteiger partial charge in [0.1, 0.15) is 0 Å². The fourth-order valence-corrected chi connectivity index (χ4v) is 3.01. The van der Waals surface area contributed by atoms with E-state index in [9.17, 15) is 0 Å². The summed E-state index contributed by atoms with van der Waals surface area (Å²) in [6, 6.07) is 12.1. The van der Waals surface area contributed by atoms with E-state index in [1.165, 1.54) is 0 Å². The summed E-state index contributed by atoms with van der Waals surface area (Å²) >= 11 is 0. The van der Waals surface area contributed by atoms with Crippen molar-refractivity contribution in [2.24, 2.45) is 0 Å². The molecule has 0 saturated carbocycles. The largest absolute Gasteiger partial charge is 0.399 e. The number of hydrogen-bond donors (Lipinski definition) is 3. The fraction of sp³-hybridized carbons (Fsp3) is 0.136. The third-order valence-electron chi connectivity index (χ3n) is 4.55. The van der Waals surface area contributed by atoms with Gasteiger partial charge in [-0.1, -0.05) is 23.8 Å². The molecule has 1 aliphatic carbocycles. The number of nitrogen functional groups attached to an aromatic ring is 2. The summed E-state index contributed by atoms with van der Waals surface area (Å²) in [4.78, 5) is 0. The highest BCUT2D eigenvalue weighted by Crippen LogP contribution is 2.35. The van der Waals surface area contributed by atoms with Crippen molar-refractivity contribution in [3.63, 3.8) is 0 Å². The third-order valence-corrected chi connectivity index (χ3v) is 4.55. The molecule has 1 aliphatic rings. The van der Waals surface area contributed by atoms with Gasteiger partial charge in [0.05, 0.1) is 5.71 Å². The first-order valence-electron chi connectivity index (χ1n) is 8.29. The highest BCUT2D eigenvalue weighted by Gasteiger charge is 2.16. The Morgan fingerprint density at radius 2 is 1.58 bits per heavy atom. The number of halogens is 1. The molecule has 0 atom stereocenters. The second-order valence-corrected chi connectivity index (χ2v) is 6.57. The molecular formula is C22H24ClN3. The van der Waals surface area contributed by atoms with E-state index in [1.807, 2.05) is 56.3 Å². The molecule has 0 unspecified atom stereocenters. The molecule has 4 heteroatoms. The predicted octanol–water partition coefficient (Wildman–Crippen LogP) is 5.23. The summed E-state index contributed by atoms with van der Waals surface area (Å²) in [6.45, 7) is 6.03. The van der Waals surface area contributed by atoms with E-state index in [4.69, 9.17) is 16.9 Å². The van der Waals surface area contributed by atoms with Crippen LogP contribution in [0.25, 0.3) is 5.57 Å². The number of allylic oxidation sites excluding steroid dienone is 5. The Morgan fingerprint density at radius 3 is 2.23 bits per heavy atom. The van der Waals surface area contributed by atoms with Crippen molar-refractivity contribution in [1.29, 1.82) is 5.41 Å². The SMILES string of the molecule is CC1=CC(=C(c2ccc(N)c(C)c2)c2cc(C)ccc2N)C=CC1=N.Cl. The lowest BCUT2D eigenvalue weighted by molar-refractivity contribution is 1.39. The van der Waals surface area contributed by atoms with E-state index in [2.05, 4.69) is 19.1 Å². The zero-order valence-corrected chi connectivity index (χ0v) is 16.1. The monoisotopic (exact) mass is 365 g/mol. The Balaban J connectivity index is 0.00000243. The molecule has 0 fully saturated rings. The van der Waals surface area contributed by atoms with Crippen LogP contribution in [0.4, 0.5) is 11.4 Å². The van der Waals surface area contributed by atoms with E-state index < -0.39 is 0 Å². The molecular weight excluding hydrogens is 342 g/mol. The highest BCUT2D eigenvalue weighted by atomic mass is 35.5. The molecule has 0 radical (unpaired) electrons. The summed E-state index contributed by atoms with van der Waals surface area (Å²) in [5, 5.41) is 7.95. The van der Waals surface area contributed by atoms with Gasteiger partial charge >= 0.3 is 0 Å². The number of nitrogens with two attached hydrogens (primary N) is 2. The molecule has 0 bridgehead atoms. The average Bonchev–Trinajstić information content (AvgIpc) is 2.57. The fourth-order valence-electron chi connectivity index (χ4n) is 3.01. The highest BCUT2D eigenvalue weighted by molar-refractivity contribution is 6.09. The normalized spacial score (nSPS) is 15.3. The van der Waals surface area contributed by atoms with Crippen LogP contribution in [0.15, 0.2) is 65.8 Å². The van der Waals surface area contributed by atoms with Crippen LogP contribution in [-0.4, -0.2) is 5.71 Å². The summed E-state index contributed by atoms with van der Waals surface area (Å²) < 4.78 is 0. The predicted molar refractivity (Wildman–Crippen MR) is 115 cm³/mol. The Morgan fingerprint density at radius 1 is 0.885 bits per heavy atom. The molecule has 3 rings (SSSR count). The van der Waals surface area contributed by atoms with Crippen molar-refractivity contribution in [3.8, 4) is 0 Å². The molecule has 0 heterocycles. The van der Waals surface area contributed by atoms with Crippen LogP contribution in [0.3, 0.4) is 0 Å². The Kier molecular flexibility index (Phi) is 5.73. The number of rotatable bonds is 2. The van der Waals surface area contributed by atoms with Gasteiger partial charge in [-0.15, -0.1) is 12.4 Å². The van der Waals surface area contributed by atoms with Crippen molar-refractivity contribution in [3.05, 3.63) is 88.0 Å². The van der Waals surface area contributed by atoms with Crippen LogP contribution >= 0.6 is 12.4 Å². The molecule has 3 nitrogen and oxygen atoms in total.